The van der Waals surface area contributed by atoms with Gasteiger partial charge in [-0.1, -0.05) is 47.7 Å². The molecule has 0 saturated carbocycles. The van der Waals surface area contributed by atoms with E-state index < -0.39 is 0 Å². The van der Waals surface area contributed by atoms with Gasteiger partial charge in [0.1, 0.15) is 0 Å². The van der Waals surface area contributed by atoms with E-state index in [2.05, 4.69) is 22.1 Å². The van der Waals surface area contributed by atoms with Crippen LogP contribution in [0.1, 0.15) is 12.5 Å². The molecule has 0 saturated heterocycles. The lowest BCUT2D eigenvalue weighted by atomic mass is 10.1. The van der Waals surface area contributed by atoms with Crippen molar-refractivity contribution < 1.29 is 14.3 Å². The van der Waals surface area contributed by atoms with Crippen LogP contribution in [0.3, 0.4) is 0 Å². The minimum absolute atomic E-state index is 0.135. The average Bonchev–Trinajstić information content (AvgIpc) is 3.36. The van der Waals surface area contributed by atoms with Gasteiger partial charge in [-0.05, 0) is 26.0 Å². The van der Waals surface area contributed by atoms with Crippen molar-refractivity contribution in [1.82, 2.24) is 14.8 Å². The lowest BCUT2D eigenvalue weighted by Gasteiger charge is -2.13. The highest BCUT2D eigenvalue weighted by molar-refractivity contribution is 8.00. The van der Waals surface area contributed by atoms with E-state index in [9.17, 15) is 4.79 Å². The van der Waals surface area contributed by atoms with Gasteiger partial charge >= 0.3 is 0 Å². The predicted octanol–water partition coefficient (Wildman–Crippen LogP) is 4.29. The number of nitrogens with one attached hydrogen (secondary N) is 1. The molecular formula is C22H22N4O3S. The summed E-state index contributed by atoms with van der Waals surface area (Å²) in [6.07, 6.45) is 1.79. The summed E-state index contributed by atoms with van der Waals surface area (Å²) in [6.45, 7) is 8.46. The summed E-state index contributed by atoms with van der Waals surface area (Å²) >= 11 is 1.36. The number of anilines is 1. The number of aromatic nitrogens is 3. The first-order valence-corrected chi connectivity index (χ1v) is 10.4. The molecule has 1 aliphatic rings. The Morgan fingerprint density at radius 2 is 2.00 bits per heavy atom. The number of fused-ring (bicyclic) bond motifs is 1. The van der Waals surface area contributed by atoms with Crippen LogP contribution >= 0.6 is 11.8 Å². The summed E-state index contributed by atoms with van der Waals surface area (Å²) in [5.74, 6) is 1.92. The third-order valence-electron chi connectivity index (χ3n) is 4.63. The molecule has 0 spiro atoms. The van der Waals surface area contributed by atoms with Gasteiger partial charge in [0.05, 0.1) is 5.25 Å². The van der Waals surface area contributed by atoms with Gasteiger partial charge in [-0.3, -0.25) is 9.36 Å². The first-order chi connectivity index (χ1) is 14.5. The molecule has 1 amide bonds. The summed E-state index contributed by atoms with van der Waals surface area (Å²) in [5.41, 5.74) is 2.81. The van der Waals surface area contributed by atoms with Gasteiger partial charge in [-0.15, -0.1) is 16.8 Å². The number of hydrogen-bond acceptors (Lipinski definition) is 6. The van der Waals surface area contributed by atoms with Gasteiger partial charge < -0.3 is 14.8 Å². The van der Waals surface area contributed by atoms with Gasteiger partial charge in [-0.2, -0.15) is 0 Å². The van der Waals surface area contributed by atoms with E-state index in [0.717, 1.165) is 11.4 Å². The number of hydrogen-bond donors (Lipinski definition) is 1. The molecule has 1 aromatic heterocycles. The third kappa shape index (κ3) is 4.18. The maximum absolute atomic E-state index is 12.7. The molecule has 8 heteroatoms. The van der Waals surface area contributed by atoms with Gasteiger partial charge in [0, 0.05) is 23.9 Å². The zero-order chi connectivity index (χ0) is 21.1. The Morgan fingerprint density at radius 3 is 2.77 bits per heavy atom. The number of rotatable bonds is 7. The molecule has 1 N–H and O–H groups in total. The largest absolute Gasteiger partial charge is 0.454 e. The van der Waals surface area contributed by atoms with Crippen molar-refractivity contribution in [2.24, 2.45) is 0 Å². The fourth-order valence-corrected chi connectivity index (χ4v) is 3.87. The van der Waals surface area contributed by atoms with E-state index in [0.29, 0.717) is 28.9 Å². The van der Waals surface area contributed by atoms with E-state index in [1.807, 2.05) is 42.7 Å². The van der Waals surface area contributed by atoms with Gasteiger partial charge in [0.2, 0.25) is 12.7 Å². The Balaban J connectivity index is 1.49. The molecule has 154 valence electrons. The molecule has 3 aromatic rings. The molecule has 7 nitrogen and oxygen atoms in total. The number of carbonyl (C=O) groups is 1. The smallest absolute Gasteiger partial charge is 0.237 e. The lowest BCUT2D eigenvalue weighted by Crippen LogP contribution is -2.23. The van der Waals surface area contributed by atoms with Crippen LogP contribution in [0.15, 0.2) is 60.3 Å². The lowest BCUT2D eigenvalue weighted by molar-refractivity contribution is -0.115. The molecule has 1 atom stereocenters. The topological polar surface area (TPSA) is 78.3 Å². The van der Waals surface area contributed by atoms with Gasteiger partial charge in [0.15, 0.2) is 22.5 Å². The Labute approximate surface area is 179 Å². The van der Waals surface area contributed by atoms with Crippen molar-refractivity contribution in [2.45, 2.75) is 30.8 Å². The summed E-state index contributed by atoms with van der Waals surface area (Å²) in [5, 5.41) is 11.9. The number of allylic oxidation sites excluding steroid dienone is 1. The number of amides is 1. The zero-order valence-corrected chi connectivity index (χ0v) is 17.6. The van der Waals surface area contributed by atoms with E-state index in [-0.39, 0.29) is 18.0 Å². The van der Waals surface area contributed by atoms with Crippen LogP contribution in [-0.4, -0.2) is 32.7 Å². The second-order valence-corrected chi connectivity index (χ2v) is 8.20. The maximum Gasteiger partial charge on any atom is 0.237 e. The second-order valence-electron chi connectivity index (χ2n) is 6.89. The fourth-order valence-electron chi connectivity index (χ4n) is 3.02. The van der Waals surface area contributed by atoms with E-state index in [1.54, 1.807) is 24.3 Å². The van der Waals surface area contributed by atoms with Crippen molar-refractivity contribution in [2.75, 3.05) is 12.1 Å². The number of thioether (sulfide) groups is 1. The van der Waals surface area contributed by atoms with Crippen LogP contribution in [0.2, 0.25) is 0 Å². The van der Waals surface area contributed by atoms with Gasteiger partial charge in [0.25, 0.3) is 0 Å². The van der Waals surface area contributed by atoms with E-state index in [1.165, 1.54) is 17.3 Å². The molecule has 0 bridgehead atoms. The van der Waals surface area contributed by atoms with Crippen LogP contribution in [-0.2, 0) is 11.3 Å². The van der Waals surface area contributed by atoms with Crippen LogP contribution < -0.4 is 14.8 Å². The minimum atomic E-state index is -0.381. The number of aryl methyl sites for hydroxylation is 1. The molecule has 2 heterocycles. The summed E-state index contributed by atoms with van der Waals surface area (Å²) in [7, 11) is 0. The molecule has 2 aromatic carbocycles. The molecule has 1 unspecified atom stereocenters. The van der Waals surface area contributed by atoms with Crippen LogP contribution in [0, 0.1) is 6.92 Å². The monoisotopic (exact) mass is 422 g/mol. The van der Waals surface area contributed by atoms with Crippen molar-refractivity contribution in [3.63, 3.8) is 0 Å². The highest BCUT2D eigenvalue weighted by Gasteiger charge is 2.21. The Morgan fingerprint density at radius 1 is 1.23 bits per heavy atom. The highest BCUT2D eigenvalue weighted by Crippen LogP contribution is 2.34. The van der Waals surface area contributed by atoms with Crippen molar-refractivity contribution >= 4 is 23.4 Å². The van der Waals surface area contributed by atoms with E-state index >= 15 is 0 Å². The average molecular weight is 423 g/mol. The van der Waals surface area contributed by atoms with Crippen LogP contribution in [0.5, 0.6) is 11.5 Å². The predicted molar refractivity (Wildman–Crippen MR) is 117 cm³/mol. The minimum Gasteiger partial charge on any atom is -0.454 e. The summed E-state index contributed by atoms with van der Waals surface area (Å²) in [6, 6.07) is 13.4. The first kappa shape index (κ1) is 20.0. The fraction of sp³-hybridized carbons (Fsp3) is 0.227. The second kappa shape index (κ2) is 8.62. The normalized spacial score (nSPS) is 13.1. The number of carbonyl (C=O) groups excluding carboxylic acids is 1. The molecule has 30 heavy (non-hydrogen) atoms. The first-order valence-electron chi connectivity index (χ1n) is 9.53. The summed E-state index contributed by atoms with van der Waals surface area (Å²) < 4.78 is 12.6. The summed E-state index contributed by atoms with van der Waals surface area (Å²) in [4.78, 5) is 12.7. The van der Waals surface area contributed by atoms with Crippen LogP contribution in [0.25, 0.3) is 11.4 Å². The molecule has 1 aliphatic heterocycles. The number of ether oxygens (including phenoxy) is 2. The standard InChI is InChI=1S/C22H22N4O3S/c1-4-11-26-20(16-7-5-14(2)6-8-16)24-25-22(26)30-15(3)21(27)23-17-9-10-18-19(12-17)29-13-28-18/h4-10,12,15H,1,11,13H2,2-3H3,(H,23,27). The maximum atomic E-state index is 12.7. The third-order valence-corrected chi connectivity index (χ3v) is 5.71. The Kier molecular flexibility index (Phi) is 5.76. The molecule has 0 radical (unpaired) electrons. The SMILES string of the molecule is C=CCn1c(SC(C)C(=O)Nc2ccc3c(c2)OCO3)nnc1-c1ccc(C)cc1. The molecule has 0 aliphatic carbocycles. The van der Waals surface area contributed by atoms with Crippen LogP contribution in [0.4, 0.5) is 5.69 Å². The van der Waals surface area contributed by atoms with E-state index in [4.69, 9.17) is 9.47 Å². The molecule has 0 fully saturated rings. The molecular weight excluding hydrogens is 400 g/mol. The highest BCUT2D eigenvalue weighted by atomic mass is 32.2. The Hall–Kier alpha value is -3.26. The Bertz CT molecular complexity index is 1080. The van der Waals surface area contributed by atoms with Crippen molar-refractivity contribution in [3.8, 4) is 22.9 Å². The molecule has 4 rings (SSSR count). The zero-order valence-electron chi connectivity index (χ0n) is 16.8. The quantitative estimate of drug-likeness (QED) is 0.452. The van der Waals surface area contributed by atoms with Gasteiger partial charge in [-0.25, -0.2) is 0 Å². The number of nitrogens with zero attached hydrogens (tertiary/aromatic N) is 3. The van der Waals surface area contributed by atoms with Crippen molar-refractivity contribution in [1.29, 1.82) is 0 Å². The van der Waals surface area contributed by atoms with Crippen molar-refractivity contribution in [3.05, 3.63) is 60.7 Å². The number of benzene rings is 2.